The van der Waals surface area contributed by atoms with E-state index < -0.39 is 5.69 Å². The number of hydrogen-bond donors (Lipinski definition) is 0. The average Bonchev–Trinajstić information content (AvgIpc) is 3.06. The predicted molar refractivity (Wildman–Crippen MR) is 106 cm³/mol. The van der Waals surface area contributed by atoms with Crippen molar-refractivity contribution in [1.29, 1.82) is 0 Å². The Morgan fingerprint density at radius 3 is 2.67 bits per heavy atom. The molecule has 0 spiro atoms. The van der Waals surface area contributed by atoms with Gasteiger partial charge in [-0.2, -0.15) is 0 Å². The predicted octanol–water partition coefficient (Wildman–Crippen LogP) is 2.59. The molecule has 27 heavy (non-hydrogen) atoms. The normalized spacial score (nSPS) is 11.3. The van der Waals surface area contributed by atoms with E-state index in [9.17, 15) is 9.59 Å². The fourth-order valence-corrected chi connectivity index (χ4v) is 3.07. The molecule has 0 saturated heterocycles. The molecule has 0 saturated carbocycles. The molecular weight excluding hydrogens is 344 g/mol. The van der Waals surface area contributed by atoms with Gasteiger partial charge in [-0.05, 0) is 24.5 Å². The first kappa shape index (κ1) is 18.7. The van der Waals surface area contributed by atoms with Crippen LogP contribution in [0.25, 0.3) is 16.9 Å². The van der Waals surface area contributed by atoms with Gasteiger partial charge < -0.3 is 9.30 Å². The lowest BCUT2D eigenvalue weighted by Crippen LogP contribution is -2.40. The van der Waals surface area contributed by atoms with E-state index in [0.717, 1.165) is 6.42 Å². The fraction of sp³-hybridized carbons (Fsp3) is 0.350. The van der Waals surface area contributed by atoms with Crippen molar-refractivity contribution >= 4 is 11.2 Å². The van der Waals surface area contributed by atoms with E-state index in [1.54, 1.807) is 36.2 Å². The molecule has 0 N–H and O–H groups in total. The first-order valence-electron chi connectivity index (χ1n) is 8.94. The van der Waals surface area contributed by atoms with E-state index in [1.165, 1.54) is 9.13 Å². The lowest BCUT2D eigenvalue weighted by atomic mass is 10.1. The van der Waals surface area contributed by atoms with Crippen LogP contribution in [-0.2, 0) is 13.1 Å². The topological polar surface area (TPSA) is 71.0 Å². The summed E-state index contributed by atoms with van der Waals surface area (Å²) in [6.07, 6.45) is 3.98. The average molecular weight is 368 g/mol. The van der Waals surface area contributed by atoms with E-state index in [1.807, 2.05) is 12.1 Å². The molecule has 0 radical (unpaired) electrons. The summed E-state index contributed by atoms with van der Waals surface area (Å²) in [5, 5.41) is 0. The number of benzene rings is 1. The van der Waals surface area contributed by atoms with Gasteiger partial charge in [-0.25, -0.2) is 14.3 Å². The van der Waals surface area contributed by atoms with Crippen LogP contribution in [0.1, 0.15) is 20.3 Å². The summed E-state index contributed by atoms with van der Waals surface area (Å²) in [4.78, 5) is 30.7. The van der Waals surface area contributed by atoms with Gasteiger partial charge in [0.25, 0.3) is 5.56 Å². The molecule has 2 aromatic heterocycles. The standard InChI is InChI=1S/C20H24N4O3/c1-5-11-22-13-21-18-17(22)19(25)23(12-10-14(2)3)20(26)24(18)15-8-6-7-9-16(15)27-4/h5-9,13-14H,1,10-12H2,2-4H3. The van der Waals surface area contributed by atoms with E-state index in [-0.39, 0.29) is 5.56 Å². The summed E-state index contributed by atoms with van der Waals surface area (Å²) in [5.41, 5.74) is 0.501. The van der Waals surface area contributed by atoms with Crippen LogP contribution in [0.3, 0.4) is 0 Å². The SMILES string of the molecule is C=CCn1cnc2c1c(=O)n(CCC(C)C)c(=O)n2-c1ccccc1OC. The van der Waals surface area contributed by atoms with Crippen molar-refractivity contribution in [3.8, 4) is 11.4 Å². The minimum Gasteiger partial charge on any atom is -0.495 e. The van der Waals surface area contributed by atoms with Gasteiger partial charge >= 0.3 is 5.69 Å². The zero-order valence-corrected chi connectivity index (χ0v) is 15.9. The second-order valence-corrected chi connectivity index (χ2v) is 6.79. The highest BCUT2D eigenvalue weighted by atomic mass is 16.5. The van der Waals surface area contributed by atoms with Crippen LogP contribution in [0.5, 0.6) is 5.75 Å². The maximum Gasteiger partial charge on any atom is 0.337 e. The van der Waals surface area contributed by atoms with Gasteiger partial charge in [0.2, 0.25) is 0 Å². The van der Waals surface area contributed by atoms with E-state index >= 15 is 0 Å². The van der Waals surface area contributed by atoms with Gasteiger partial charge in [-0.15, -0.1) is 6.58 Å². The van der Waals surface area contributed by atoms with Crippen LogP contribution in [0, 0.1) is 5.92 Å². The molecule has 3 rings (SSSR count). The van der Waals surface area contributed by atoms with Crippen molar-refractivity contribution in [2.75, 3.05) is 7.11 Å². The fourth-order valence-electron chi connectivity index (χ4n) is 3.07. The Hall–Kier alpha value is -3.09. The lowest BCUT2D eigenvalue weighted by molar-refractivity contribution is 0.412. The number of para-hydroxylation sites is 2. The minimum absolute atomic E-state index is 0.317. The van der Waals surface area contributed by atoms with Crippen molar-refractivity contribution < 1.29 is 4.74 Å². The third-order valence-electron chi connectivity index (χ3n) is 4.48. The van der Waals surface area contributed by atoms with E-state index in [4.69, 9.17) is 4.74 Å². The van der Waals surface area contributed by atoms with Crippen LogP contribution in [-0.4, -0.2) is 25.8 Å². The summed E-state index contributed by atoms with van der Waals surface area (Å²) in [7, 11) is 1.55. The molecule has 0 atom stereocenters. The lowest BCUT2D eigenvalue weighted by Gasteiger charge is -2.15. The molecule has 7 heteroatoms. The molecule has 3 aromatic rings. The number of nitrogens with zero attached hydrogens (tertiary/aromatic N) is 4. The number of allylic oxidation sites excluding steroid dienone is 1. The summed E-state index contributed by atoms with van der Waals surface area (Å²) in [5.74, 6) is 0.901. The minimum atomic E-state index is -0.415. The molecule has 142 valence electrons. The molecule has 0 unspecified atom stereocenters. The number of fused-ring (bicyclic) bond motifs is 1. The molecular formula is C20H24N4O3. The summed E-state index contributed by atoms with van der Waals surface area (Å²) < 4.78 is 9.88. The first-order chi connectivity index (χ1) is 13.0. The van der Waals surface area contributed by atoms with Gasteiger partial charge in [0.15, 0.2) is 11.2 Å². The van der Waals surface area contributed by atoms with Crippen LogP contribution in [0.4, 0.5) is 0 Å². The number of rotatable bonds is 7. The maximum absolute atomic E-state index is 13.3. The summed E-state index contributed by atoms with van der Waals surface area (Å²) >= 11 is 0. The molecule has 7 nitrogen and oxygen atoms in total. The molecule has 0 bridgehead atoms. The number of methoxy groups -OCH3 is 1. The summed E-state index contributed by atoms with van der Waals surface area (Å²) in [6, 6.07) is 7.21. The molecule has 0 aliphatic carbocycles. The molecule has 0 aliphatic rings. The Kier molecular flexibility index (Phi) is 5.30. The number of ether oxygens (including phenoxy) is 1. The highest BCUT2D eigenvalue weighted by Crippen LogP contribution is 2.23. The van der Waals surface area contributed by atoms with Gasteiger partial charge in [-0.3, -0.25) is 9.36 Å². The van der Waals surface area contributed by atoms with Crippen molar-refractivity contribution in [3.05, 3.63) is 64.1 Å². The zero-order valence-electron chi connectivity index (χ0n) is 15.9. The summed E-state index contributed by atoms with van der Waals surface area (Å²) in [6.45, 7) is 8.63. The van der Waals surface area contributed by atoms with Gasteiger partial charge in [0.1, 0.15) is 5.75 Å². The Balaban J connectivity index is 2.40. The van der Waals surface area contributed by atoms with Gasteiger partial charge in [-0.1, -0.05) is 32.1 Å². The smallest absolute Gasteiger partial charge is 0.337 e. The molecule has 0 aliphatic heterocycles. The number of aromatic nitrogens is 4. The van der Waals surface area contributed by atoms with Crippen molar-refractivity contribution in [2.24, 2.45) is 5.92 Å². The van der Waals surface area contributed by atoms with Crippen LogP contribution < -0.4 is 16.0 Å². The van der Waals surface area contributed by atoms with Gasteiger partial charge in [0, 0.05) is 13.1 Å². The van der Waals surface area contributed by atoms with E-state index in [2.05, 4.69) is 25.4 Å². The van der Waals surface area contributed by atoms with Crippen LogP contribution in [0.2, 0.25) is 0 Å². The van der Waals surface area contributed by atoms with Crippen molar-refractivity contribution in [2.45, 2.75) is 33.4 Å². The highest BCUT2D eigenvalue weighted by Gasteiger charge is 2.20. The number of imidazole rings is 1. The Morgan fingerprint density at radius 2 is 2.00 bits per heavy atom. The Morgan fingerprint density at radius 1 is 1.26 bits per heavy atom. The molecule has 0 amide bonds. The second kappa shape index (κ2) is 7.65. The zero-order chi connectivity index (χ0) is 19.6. The van der Waals surface area contributed by atoms with Crippen molar-refractivity contribution in [1.82, 2.24) is 18.7 Å². The van der Waals surface area contributed by atoms with Crippen LogP contribution >= 0.6 is 0 Å². The van der Waals surface area contributed by atoms with Gasteiger partial charge in [0.05, 0.1) is 19.1 Å². The number of hydrogen-bond acceptors (Lipinski definition) is 4. The Bertz CT molecular complexity index is 1090. The van der Waals surface area contributed by atoms with E-state index in [0.29, 0.717) is 41.6 Å². The second-order valence-electron chi connectivity index (χ2n) is 6.79. The third-order valence-corrected chi connectivity index (χ3v) is 4.48. The molecule has 1 aromatic carbocycles. The molecule has 0 fully saturated rings. The quantitative estimate of drug-likeness (QED) is 0.601. The highest BCUT2D eigenvalue weighted by molar-refractivity contribution is 5.73. The van der Waals surface area contributed by atoms with Crippen LogP contribution in [0.15, 0.2) is 52.8 Å². The maximum atomic E-state index is 13.3. The Labute approximate surface area is 157 Å². The third kappa shape index (κ3) is 3.32. The first-order valence-corrected chi connectivity index (χ1v) is 8.94. The molecule has 2 heterocycles. The van der Waals surface area contributed by atoms with Crippen molar-refractivity contribution in [3.63, 3.8) is 0 Å². The largest absolute Gasteiger partial charge is 0.495 e. The monoisotopic (exact) mass is 368 g/mol.